The van der Waals surface area contributed by atoms with Crippen LogP contribution in [0.4, 0.5) is 0 Å². The molecule has 0 bridgehead atoms. The molecule has 0 rings (SSSR count). The third-order valence-corrected chi connectivity index (χ3v) is 5.03. The fourth-order valence-corrected chi connectivity index (χ4v) is 2.63. The molecule has 2 atom stereocenters. The maximum absolute atomic E-state index is 12.4. The number of hydrogen-bond donors (Lipinski definition) is 4. The van der Waals surface area contributed by atoms with Crippen molar-refractivity contribution in [1.82, 2.24) is 20.9 Å². The smallest absolute Gasteiger partial charge is 0.303 e. The Hall–Kier alpha value is -2.16. The van der Waals surface area contributed by atoms with Gasteiger partial charge in [-0.15, -0.1) is 0 Å². The number of carbonyl (C=O) groups excluding carboxylic acids is 3. The molecule has 9 heteroatoms. The molecule has 0 aromatic rings. The van der Waals surface area contributed by atoms with E-state index in [0.717, 1.165) is 12.8 Å². The third kappa shape index (κ3) is 13.9. The number of carboxylic acids is 1. The van der Waals surface area contributed by atoms with Gasteiger partial charge in [-0.3, -0.25) is 19.2 Å². The van der Waals surface area contributed by atoms with Crippen molar-refractivity contribution in [3.05, 3.63) is 0 Å². The van der Waals surface area contributed by atoms with E-state index in [9.17, 15) is 19.2 Å². The number of nitrogens with zero attached hydrogens (tertiary/aromatic N) is 1. The van der Waals surface area contributed by atoms with E-state index in [-0.39, 0.29) is 44.2 Å². The zero-order chi connectivity index (χ0) is 23.1. The first kappa shape index (κ1) is 27.8. The van der Waals surface area contributed by atoms with E-state index < -0.39 is 17.9 Å². The molecule has 0 aliphatic carbocycles. The van der Waals surface area contributed by atoms with Crippen LogP contribution in [0.5, 0.6) is 0 Å². The number of hydrogen-bond acceptors (Lipinski definition) is 5. The van der Waals surface area contributed by atoms with Crippen molar-refractivity contribution in [3.63, 3.8) is 0 Å². The van der Waals surface area contributed by atoms with Gasteiger partial charge in [0.2, 0.25) is 17.7 Å². The maximum atomic E-state index is 12.4. The molecule has 2 unspecified atom stereocenters. The summed E-state index contributed by atoms with van der Waals surface area (Å²) in [6, 6.07) is -0.571. The van der Waals surface area contributed by atoms with Crippen molar-refractivity contribution in [2.24, 2.45) is 5.92 Å². The molecule has 0 spiro atoms. The minimum atomic E-state index is -1.03. The highest BCUT2D eigenvalue weighted by Gasteiger charge is 2.22. The zero-order valence-electron chi connectivity index (χ0n) is 19.1. The SMILES string of the molecule is CCC(C)N(C)CCC(=O)NC(CCC(=O)O)C(=O)NCCNC(=O)CCC(C)C. The minimum Gasteiger partial charge on any atom is -0.481 e. The van der Waals surface area contributed by atoms with E-state index >= 15 is 0 Å². The minimum absolute atomic E-state index is 0.00879. The summed E-state index contributed by atoms with van der Waals surface area (Å²) in [6.45, 7) is 9.27. The fraction of sp³-hybridized carbons (Fsp3) is 0.810. The topological polar surface area (TPSA) is 128 Å². The molecule has 0 saturated carbocycles. The molecule has 0 heterocycles. The molecular weight excluding hydrogens is 388 g/mol. The summed E-state index contributed by atoms with van der Waals surface area (Å²) in [4.78, 5) is 49.3. The van der Waals surface area contributed by atoms with E-state index in [0.29, 0.717) is 24.9 Å². The zero-order valence-corrected chi connectivity index (χ0v) is 19.1. The van der Waals surface area contributed by atoms with Gasteiger partial charge in [0.05, 0.1) is 0 Å². The molecular formula is C21H40N4O5. The Morgan fingerprint density at radius 1 is 0.900 bits per heavy atom. The molecule has 0 aliphatic rings. The monoisotopic (exact) mass is 428 g/mol. The summed E-state index contributed by atoms with van der Waals surface area (Å²) >= 11 is 0. The van der Waals surface area contributed by atoms with Crippen LogP contribution >= 0.6 is 0 Å². The first-order chi connectivity index (χ1) is 14.1. The van der Waals surface area contributed by atoms with Gasteiger partial charge < -0.3 is 26.0 Å². The largest absolute Gasteiger partial charge is 0.481 e. The number of rotatable bonds is 16. The molecule has 30 heavy (non-hydrogen) atoms. The third-order valence-electron chi connectivity index (χ3n) is 5.03. The number of carbonyl (C=O) groups is 4. The van der Waals surface area contributed by atoms with Crippen molar-refractivity contribution in [2.75, 3.05) is 26.7 Å². The lowest BCUT2D eigenvalue weighted by atomic mass is 10.1. The lowest BCUT2D eigenvalue weighted by Crippen LogP contribution is -2.49. The molecule has 9 nitrogen and oxygen atoms in total. The summed E-state index contributed by atoms with van der Waals surface area (Å²) in [5.41, 5.74) is 0. The summed E-state index contributed by atoms with van der Waals surface area (Å²) in [5, 5.41) is 16.9. The highest BCUT2D eigenvalue weighted by molar-refractivity contribution is 5.88. The lowest BCUT2D eigenvalue weighted by molar-refractivity contribution is -0.138. The maximum Gasteiger partial charge on any atom is 0.303 e. The Balaban J connectivity index is 4.47. The van der Waals surface area contributed by atoms with Gasteiger partial charge in [0.1, 0.15) is 6.04 Å². The molecule has 0 fully saturated rings. The highest BCUT2D eigenvalue weighted by atomic mass is 16.4. The second kappa shape index (κ2) is 15.6. The van der Waals surface area contributed by atoms with E-state index in [1.54, 1.807) is 0 Å². The van der Waals surface area contributed by atoms with Crippen LogP contribution in [0, 0.1) is 5.92 Å². The second-order valence-corrected chi connectivity index (χ2v) is 8.11. The van der Waals surface area contributed by atoms with Crippen molar-refractivity contribution >= 4 is 23.7 Å². The van der Waals surface area contributed by atoms with Crippen LogP contribution in [0.15, 0.2) is 0 Å². The normalized spacial score (nSPS) is 13.0. The van der Waals surface area contributed by atoms with Crippen LogP contribution in [0.25, 0.3) is 0 Å². The molecule has 0 aliphatic heterocycles. The number of nitrogens with one attached hydrogen (secondary N) is 3. The number of aliphatic carboxylic acids is 1. The Kier molecular flexibility index (Phi) is 14.5. The highest BCUT2D eigenvalue weighted by Crippen LogP contribution is 2.03. The number of amides is 3. The van der Waals surface area contributed by atoms with Crippen molar-refractivity contribution in [2.45, 2.75) is 78.3 Å². The fourth-order valence-electron chi connectivity index (χ4n) is 2.63. The lowest BCUT2D eigenvalue weighted by Gasteiger charge is -2.24. The van der Waals surface area contributed by atoms with Gasteiger partial charge in [-0.1, -0.05) is 20.8 Å². The van der Waals surface area contributed by atoms with Crippen LogP contribution in [0.3, 0.4) is 0 Å². The van der Waals surface area contributed by atoms with Gasteiger partial charge in [-0.25, -0.2) is 0 Å². The average Bonchev–Trinajstić information content (AvgIpc) is 2.69. The second-order valence-electron chi connectivity index (χ2n) is 8.11. The summed E-state index contributed by atoms with van der Waals surface area (Å²) < 4.78 is 0. The molecule has 174 valence electrons. The van der Waals surface area contributed by atoms with Crippen LogP contribution in [0.1, 0.15) is 66.2 Å². The first-order valence-electron chi connectivity index (χ1n) is 10.8. The van der Waals surface area contributed by atoms with Gasteiger partial charge in [-0.05, 0) is 39.2 Å². The van der Waals surface area contributed by atoms with Gasteiger partial charge in [-0.2, -0.15) is 0 Å². The van der Waals surface area contributed by atoms with E-state index in [2.05, 4.69) is 34.7 Å². The van der Waals surface area contributed by atoms with Gasteiger partial charge in [0, 0.05) is 44.9 Å². The van der Waals surface area contributed by atoms with E-state index in [4.69, 9.17) is 5.11 Å². The quantitative estimate of drug-likeness (QED) is 0.273. The molecule has 3 amide bonds. The number of carboxylic acid groups (broad SMARTS) is 1. The molecule has 0 aromatic heterocycles. The Morgan fingerprint density at radius 2 is 1.53 bits per heavy atom. The first-order valence-corrected chi connectivity index (χ1v) is 10.8. The van der Waals surface area contributed by atoms with Crippen molar-refractivity contribution in [1.29, 1.82) is 0 Å². The van der Waals surface area contributed by atoms with Crippen LogP contribution in [-0.4, -0.2) is 72.5 Å². The Morgan fingerprint density at radius 3 is 2.10 bits per heavy atom. The molecule has 4 N–H and O–H groups in total. The van der Waals surface area contributed by atoms with Crippen LogP contribution in [0.2, 0.25) is 0 Å². The van der Waals surface area contributed by atoms with Crippen LogP contribution < -0.4 is 16.0 Å². The van der Waals surface area contributed by atoms with Crippen molar-refractivity contribution < 1.29 is 24.3 Å². The van der Waals surface area contributed by atoms with Crippen LogP contribution in [-0.2, 0) is 19.2 Å². The molecule has 0 radical (unpaired) electrons. The predicted molar refractivity (Wildman–Crippen MR) is 116 cm³/mol. The molecule has 0 aromatic carbocycles. The summed E-state index contributed by atoms with van der Waals surface area (Å²) in [5.74, 6) is -1.40. The summed E-state index contributed by atoms with van der Waals surface area (Å²) in [6.07, 6.45) is 2.22. The van der Waals surface area contributed by atoms with E-state index in [1.165, 1.54) is 0 Å². The van der Waals surface area contributed by atoms with E-state index in [1.807, 2.05) is 20.9 Å². The average molecular weight is 429 g/mol. The Bertz CT molecular complexity index is 554. The summed E-state index contributed by atoms with van der Waals surface area (Å²) in [7, 11) is 1.94. The van der Waals surface area contributed by atoms with Crippen molar-refractivity contribution in [3.8, 4) is 0 Å². The predicted octanol–water partition coefficient (Wildman–Crippen LogP) is 1.13. The van der Waals surface area contributed by atoms with Gasteiger partial charge >= 0.3 is 5.97 Å². The Labute approximate surface area is 180 Å². The van der Waals surface area contributed by atoms with Gasteiger partial charge in [0.25, 0.3) is 0 Å². The molecule has 0 saturated heterocycles. The van der Waals surface area contributed by atoms with Gasteiger partial charge in [0.15, 0.2) is 0 Å². The standard InChI is InChI=1S/C21H40N4O5/c1-6-16(4)25(5)14-11-19(27)24-17(8-10-20(28)29)21(30)23-13-12-22-18(26)9-7-15(2)3/h15-17H,6-14H2,1-5H3,(H,22,26)(H,23,30)(H,24,27)(H,28,29).